The molecule has 16 heavy (non-hydrogen) atoms. The van der Waals surface area contributed by atoms with E-state index >= 15 is 0 Å². The lowest BCUT2D eigenvalue weighted by Gasteiger charge is -2.35. The quantitative estimate of drug-likeness (QED) is 0.372. The monoisotopic (exact) mass is 223 g/mol. The maximum atomic E-state index is 11.7. The van der Waals surface area contributed by atoms with Crippen LogP contribution < -0.4 is 0 Å². The van der Waals surface area contributed by atoms with Gasteiger partial charge in [0.15, 0.2) is 11.9 Å². The smallest absolute Gasteiger partial charge is 0.321 e. The van der Waals surface area contributed by atoms with Crippen LogP contribution in [0.3, 0.4) is 0 Å². The molecule has 2 aliphatic carbocycles. The molecule has 0 radical (unpaired) electrons. The minimum atomic E-state index is -2.22. The Kier molecular flexibility index (Phi) is 2.23. The number of carbonyl (C=O) groups is 2. The molecule has 0 saturated carbocycles. The summed E-state index contributed by atoms with van der Waals surface area (Å²) in [5.74, 6) is -2.40. The number of hydrogen-bond acceptors (Lipinski definition) is 5. The first-order valence-electron chi connectivity index (χ1n) is 4.77. The predicted octanol–water partition coefficient (Wildman–Crippen LogP) is -0.353. The standard InChI is InChI=1S/C10H9NO5/c12-7-4-5-9(14)10(11(15)16)6(7)2-1-3-8(10)13/h1,3-6,8,13H,2H2. The summed E-state index contributed by atoms with van der Waals surface area (Å²) in [6.07, 6.45) is 3.16. The molecule has 3 unspecified atom stereocenters. The van der Waals surface area contributed by atoms with Gasteiger partial charge in [-0.2, -0.15) is 0 Å². The van der Waals surface area contributed by atoms with Crippen LogP contribution in [0.2, 0.25) is 0 Å². The van der Waals surface area contributed by atoms with Gasteiger partial charge in [-0.25, -0.2) is 0 Å². The predicted molar refractivity (Wildman–Crippen MR) is 52.1 cm³/mol. The lowest BCUT2D eigenvalue weighted by atomic mass is 9.67. The first-order chi connectivity index (χ1) is 7.51. The van der Waals surface area contributed by atoms with Crippen molar-refractivity contribution in [2.24, 2.45) is 5.92 Å². The number of fused-ring (bicyclic) bond motifs is 1. The Hall–Kier alpha value is -1.82. The summed E-state index contributed by atoms with van der Waals surface area (Å²) in [5.41, 5.74) is -2.22. The number of nitro groups is 1. The van der Waals surface area contributed by atoms with Gasteiger partial charge in [0.25, 0.3) is 0 Å². The molecule has 6 heteroatoms. The van der Waals surface area contributed by atoms with Gasteiger partial charge in [0.1, 0.15) is 5.92 Å². The van der Waals surface area contributed by atoms with E-state index in [2.05, 4.69) is 0 Å². The molecule has 3 atom stereocenters. The second-order valence-corrected chi connectivity index (χ2v) is 3.84. The van der Waals surface area contributed by atoms with Crippen LogP contribution in [-0.2, 0) is 9.59 Å². The Balaban J connectivity index is 2.65. The fourth-order valence-electron chi connectivity index (χ4n) is 2.26. The van der Waals surface area contributed by atoms with Gasteiger partial charge in [0.2, 0.25) is 5.78 Å². The first-order valence-corrected chi connectivity index (χ1v) is 4.77. The molecule has 0 heterocycles. The van der Waals surface area contributed by atoms with Gasteiger partial charge in [-0.1, -0.05) is 12.2 Å². The van der Waals surface area contributed by atoms with E-state index in [1.165, 1.54) is 12.2 Å². The third kappa shape index (κ3) is 1.10. The van der Waals surface area contributed by atoms with Crippen molar-refractivity contribution >= 4 is 11.6 Å². The van der Waals surface area contributed by atoms with E-state index in [0.717, 1.165) is 12.2 Å². The van der Waals surface area contributed by atoms with Crippen LogP contribution in [0, 0.1) is 16.0 Å². The maximum absolute atomic E-state index is 11.7. The van der Waals surface area contributed by atoms with E-state index < -0.39 is 34.1 Å². The Bertz CT molecular complexity index is 438. The van der Waals surface area contributed by atoms with Crippen molar-refractivity contribution in [3.8, 4) is 0 Å². The molecular weight excluding hydrogens is 214 g/mol. The molecule has 6 nitrogen and oxygen atoms in total. The fourth-order valence-corrected chi connectivity index (χ4v) is 2.26. The minimum Gasteiger partial charge on any atom is -0.381 e. The average molecular weight is 223 g/mol. The van der Waals surface area contributed by atoms with Crippen molar-refractivity contribution < 1.29 is 19.6 Å². The molecule has 0 amide bonds. The van der Waals surface area contributed by atoms with E-state index in [1.807, 2.05) is 0 Å². The highest BCUT2D eigenvalue weighted by Gasteiger charge is 2.65. The van der Waals surface area contributed by atoms with E-state index in [0.29, 0.717) is 0 Å². The highest BCUT2D eigenvalue weighted by Crippen LogP contribution is 2.37. The van der Waals surface area contributed by atoms with Crippen LogP contribution in [0.4, 0.5) is 0 Å². The molecule has 1 N–H and O–H groups in total. The molecular formula is C10H9NO5. The topological polar surface area (TPSA) is 97.5 Å². The summed E-state index contributed by atoms with van der Waals surface area (Å²) in [6.45, 7) is 0. The minimum absolute atomic E-state index is 0.104. The summed E-state index contributed by atoms with van der Waals surface area (Å²) >= 11 is 0. The molecule has 0 saturated heterocycles. The van der Waals surface area contributed by atoms with Crippen LogP contribution in [0.1, 0.15) is 6.42 Å². The molecule has 0 aromatic carbocycles. The van der Waals surface area contributed by atoms with Gasteiger partial charge in [-0.15, -0.1) is 0 Å². The van der Waals surface area contributed by atoms with Crippen molar-refractivity contribution in [3.63, 3.8) is 0 Å². The third-order valence-corrected chi connectivity index (χ3v) is 3.11. The molecule has 0 spiro atoms. The van der Waals surface area contributed by atoms with E-state index in [9.17, 15) is 24.8 Å². The van der Waals surface area contributed by atoms with Gasteiger partial charge in [-0.05, 0) is 18.6 Å². The van der Waals surface area contributed by atoms with Crippen molar-refractivity contribution in [1.82, 2.24) is 0 Å². The number of allylic oxidation sites excluding steroid dienone is 2. The number of carbonyl (C=O) groups excluding carboxylic acids is 2. The SMILES string of the molecule is O=C1C=CC(=O)C2([N+](=O)[O-])C(O)C=CCC12. The van der Waals surface area contributed by atoms with E-state index in [1.54, 1.807) is 0 Å². The van der Waals surface area contributed by atoms with Crippen LogP contribution in [0.5, 0.6) is 0 Å². The molecule has 0 aliphatic heterocycles. The van der Waals surface area contributed by atoms with Gasteiger partial charge in [0.05, 0.1) is 0 Å². The molecule has 0 fully saturated rings. The first kappa shape index (κ1) is 10.7. The largest absolute Gasteiger partial charge is 0.381 e. The van der Waals surface area contributed by atoms with Crippen molar-refractivity contribution in [2.75, 3.05) is 0 Å². The highest BCUT2D eigenvalue weighted by molar-refractivity contribution is 6.11. The zero-order chi connectivity index (χ0) is 11.9. The van der Waals surface area contributed by atoms with Gasteiger partial charge >= 0.3 is 5.54 Å². The third-order valence-electron chi connectivity index (χ3n) is 3.11. The summed E-state index contributed by atoms with van der Waals surface area (Å²) < 4.78 is 0. The summed E-state index contributed by atoms with van der Waals surface area (Å²) in [4.78, 5) is 33.5. The number of aliphatic hydroxyl groups excluding tert-OH is 1. The molecule has 0 bridgehead atoms. The van der Waals surface area contributed by atoms with Crippen LogP contribution >= 0.6 is 0 Å². The molecule has 84 valence electrons. The van der Waals surface area contributed by atoms with Gasteiger partial charge in [-0.3, -0.25) is 19.7 Å². The second-order valence-electron chi connectivity index (χ2n) is 3.84. The zero-order valence-electron chi connectivity index (χ0n) is 8.20. The Morgan fingerprint density at radius 1 is 1.44 bits per heavy atom. The summed E-state index contributed by atoms with van der Waals surface area (Å²) in [7, 11) is 0. The lowest BCUT2D eigenvalue weighted by molar-refractivity contribution is -0.569. The van der Waals surface area contributed by atoms with Crippen LogP contribution in [0.25, 0.3) is 0 Å². The Morgan fingerprint density at radius 3 is 2.69 bits per heavy atom. The van der Waals surface area contributed by atoms with Crippen LogP contribution in [0.15, 0.2) is 24.3 Å². The summed E-state index contributed by atoms with van der Waals surface area (Å²) in [5, 5.41) is 20.8. The van der Waals surface area contributed by atoms with E-state index in [-0.39, 0.29) is 6.42 Å². The molecule has 2 aliphatic rings. The Morgan fingerprint density at radius 2 is 2.12 bits per heavy atom. The molecule has 2 rings (SSSR count). The summed E-state index contributed by atoms with van der Waals surface area (Å²) in [6, 6.07) is 0. The Labute approximate surface area is 90.4 Å². The van der Waals surface area contributed by atoms with Gasteiger partial charge < -0.3 is 5.11 Å². The number of ketones is 2. The highest BCUT2D eigenvalue weighted by atomic mass is 16.6. The van der Waals surface area contributed by atoms with Crippen molar-refractivity contribution in [3.05, 3.63) is 34.4 Å². The number of rotatable bonds is 1. The average Bonchev–Trinajstić information content (AvgIpc) is 2.23. The second kappa shape index (κ2) is 3.34. The number of hydrogen-bond donors (Lipinski definition) is 1. The van der Waals surface area contributed by atoms with Gasteiger partial charge in [0, 0.05) is 4.92 Å². The van der Waals surface area contributed by atoms with E-state index in [4.69, 9.17) is 0 Å². The normalized spacial score (nSPS) is 37.3. The number of aliphatic hydroxyl groups is 1. The van der Waals surface area contributed by atoms with Crippen molar-refractivity contribution in [1.29, 1.82) is 0 Å². The zero-order valence-corrected chi connectivity index (χ0v) is 8.20. The molecule has 0 aromatic heterocycles. The lowest BCUT2D eigenvalue weighted by Crippen LogP contribution is -2.64. The van der Waals surface area contributed by atoms with Crippen LogP contribution in [-0.4, -0.2) is 33.2 Å². The maximum Gasteiger partial charge on any atom is 0.321 e. The molecule has 0 aromatic rings. The number of nitrogens with zero attached hydrogens (tertiary/aromatic N) is 1. The fraction of sp³-hybridized carbons (Fsp3) is 0.400. The van der Waals surface area contributed by atoms with Crippen molar-refractivity contribution in [2.45, 2.75) is 18.1 Å².